The van der Waals surface area contributed by atoms with Crippen LogP contribution in [0.15, 0.2) is 37.2 Å². The van der Waals surface area contributed by atoms with Crippen molar-refractivity contribution in [2.24, 2.45) is 5.92 Å². The number of rotatable bonds is 1. The second kappa shape index (κ2) is 10.6. The molecule has 0 saturated carbocycles. The Hall–Kier alpha value is -2.54. The molecule has 5 nitrogen and oxygen atoms in total. The Morgan fingerprint density at radius 2 is 1.85 bits per heavy atom. The van der Waals surface area contributed by atoms with Gasteiger partial charge in [0, 0.05) is 37.7 Å². The van der Waals surface area contributed by atoms with Gasteiger partial charge >= 0.3 is 0 Å². The van der Waals surface area contributed by atoms with E-state index in [1.54, 1.807) is 24.3 Å². The van der Waals surface area contributed by atoms with Crippen LogP contribution in [0.4, 0.5) is 20.4 Å². The molecule has 178 valence electrons. The highest BCUT2D eigenvalue weighted by Gasteiger charge is 2.39. The van der Waals surface area contributed by atoms with E-state index in [1.165, 1.54) is 19.2 Å². The minimum Gasteiger partial charge on any atom is -0.369 e. The van der Waals surface area contributed by atoms with Crippen molar-refractivity contribution >= 4 is 17.7 Å². The van der Waals surface area contributed by atoms with Gasteiger partial charge in [-0.3, -0.25) is 0 Å². The molecule has 0 radical (unpaired) electrons. The Kier molecular flexibility index (Phi) is 7.58. The van der Waals surface area contributed by atoms with Crippen molar-refractivity contribution in [1.29, 1.82) is 0 Å². The number of anilines is 2. The lowest BCUT2D eigenvalue weighted by Gasteiger charge is -2.41. The van der Waals surface area contributed by atoms with E-state index in [4.69, 9.17) is 0 Å². The summed E-state index contributed by atoms with van der Waals surface area (Å²) in [5.74, 6) is -1.38. The number of alkyl halides is 2. The number of nitrogens with one attached hydrogen (secondary N) is 2. The van der Waals surface area contributed by atoms with Crippen LogP contribution in [0, 0.1) is 5.92 Å². The summed E-state index contributed by atoms with van der Waals surface area (Å²) in [6.45, 7) is 9.33. The van der Waals surface area contributed by atoms with Gasteiger partial charge in [-0.1, -0.05) is 50.1 Å². The second-order valence-electron chi connectivity index (χ2n) is 9.41. The van der Waals surface area contributed by atoms with Crippen molar-refractivity contribution in [3.63, 3.8) is 0 Å². The van der Waals surface area contributed by atoms with Crippen LogP contribution in [0.25, 0.3) is 6.08 Å². The molecule has 0 aliphatic carbocycles. The van der Waals surface area contributed by atoms with Gasteiger partial charge in [0.25, 0.3) is 5.92 Å². The maximum Gasteiger partial charge on any atom is 0.273 e. The molecule has 4 heterocycles. The van der Waals surface area contributed by atoms with Crippen LogP contribution in [0.5, 0.6) is 0 Å². The first-order valence-electron chi connectivity index (χ1n) is 12.1. The lowest BCUT2D eigenvalue weighted by Crippen LogP contribution is -2.48. The normalized spacial score (nSPS) is 26.0. The zero-order valence-electron chi connectivity index (χ0n) is 19.5. The van der Waals surface area contributed by atoms with Gasteiger partial charge in [0.1, 0.15) is 18.0 Å². The lowest BCUT2D eigenvalue weighted by molar-refractivity contribution is -0.0568. The lowest BCUT2D eigenvalue weighted by atomic mass is 9.89. The zero-order valence-corrected chi connectivity index (χ0v) is 19.5. The number of hydrogen-bond donors (Lipinski definition) is 2. The molecule has 2 N–H and O–H groups in total. The standard InChI is InChI=1S/C26H35F2N5/c1-3-23-24-29-12-7-5-4-6-8-13-33-16-20(17-33)15-26(27,28)22-11-9-10-21(14-22)19(2)32-25(23)31-18-30-24/h3,9-11,14,18-20H,1,4-8,12-13,15-17H2,2H3,(H2,29,30,31,32)/t19-/m1/s1. The Morgan fingerprint density at radius 3 is 2.67 bits per heavy atom. The number of aromatic nitrogens is 2. The molecule has 5 rings (SSSR count). The van der Waals surface area contributed by atoms with Crippen LogP contribution in [0.3, 0.4) is 0 Å². The fourth-order valence-electron chi connectivity index (χ4n) is 4.84. The average Bonchev–Trinajstić information content (AvgIpc) is 2.78. The molecular formula is C26H35F2N5. The Morgan fingerprint density at radius 1 is 1.09 bits per heavy atom. The minimum atomic E-state index is -2.83. The summed E-state index contributed by atoms with van der Waals surface area (Å²) in [5.41, 5.74) is 1.69. The van der Waals surface area contributed by atoms with Crippen LogP contribution in [-0.4, -0.2) is 41.0 Å². The highest BCUT2D eigenvalue weighted by molar-refractivity contribution is 5.72. The fraction of sp³-hybridized carbons (Fsp3) is 0.538. The molecule has 1 fully saturated rings. The summed E-state index contributed by atoms with van der Waals surface area (Å²) in [5, 5.41) is 6.78. The van der Waals surface area contributed by atoms with Gasteiger partial charge in [0.2, 0.25) is 0 Å². The Labute approximate surface area is 195 Å². The van der Waals surface area contributed by atoms with E-state index in [0.717, 1.165) is 62.4 Å². The zero-order chi connectivity index (χ0) is 23.3. The maximum absolute atomic E-state index is 15.1. The molecular weight excluding hydrogens is 420 g/mol. The van der Waals surface area contributed by atoms with Gasteiger partial charge < -0.3 is 15.5 Å². The third kappa shape index (κ3) is 5.88. The Balaban J connectivity index is 1.56. The van der Waals surface area contributed by atoms with Crippen LogP contribution in [-0.2, 0) is 5.92 Å². The van der Waals surface area contributed by atoms with Gasteiger partial charge in [-0.15, -0.1) is 0 Å². The van der Waals surface area contributed by atoms with E-state index >= 15 is 8.78 Å². The van der Waals surface area contributed by atoms with Gasteiger partial charge in [-0.2, -0.15) is 0 Å². The van der Waals surface area contributed by atoms with Gasteiger partial charge in [-0.25, -0.2) is 18.7 Å². The molecule has 6 bridgehead atoms. The van der Waals surface area contributed by atoms with Crippen molar-refractivity contribution in [2.45, 2.75) is 57.4 Å². The summed E-state index contributed by atoms with van der Waals surface area (Å²) < 4.78 is 30.2. The quantitative estimate of drug-likeness (QED) is 0.546. The highest BCUT2D eigenvalue weighted by atomic mass is 19.3. The first-order valence-corrected chi connectivity index (χ1v) is 12.1. The smallest absolute Gasteiger partial charge is 0.273 e. The molecule has 1 saturated heterocycles. The van der Waals surface area contributed by atoms with Gasteiger partial charge in [0.05, 0.1) is 5.56 Å². The van der Waals surface area contributed by atoms with Crippen LogP contribution >= 0.6 is 0 Å². The average molecular weight is 456 g/mol. The largest absolute Gasteiger partial charge is 0.369 e. The number of nitrogens with zero attached hydrogens (tertiary/aromatic N) is 3. The van der Waals surface area contributed by atoms with E-state index in [1.807, 2.05) is 13.0 Å². The molecule has 7 heteroatoms. The van der Waals surface area contributed by atoms with E-state index in [-0.39, 0.29) is 23.9 Å². The molecule has 3 aliphatic rings. The van der Waals surface area contributed by atoms with Gasteiger partial charge in [-0.05, 0) is 43.9 Å². The molecule has 1 aromatic heterocycles. The van der Waals surface area contributed by atoms with E-state index in [2.05, 4.69) is 32.1 Å². The summed E-state index contributed by atoms with van der Waals surface area (Å²) in [4.78, 5) is 11.1. The number of fused-ring (bicyclic) bond motifs is 9. The molecule has 1 aromatic carbocycles. The first-order chi connectivity index (χ1) is 16.0. The summed E-state index contributed by atoms with van der Waals surface area (Å²) in [6.07, 6.45) is 8.91. The predicted octanol–water partition coefficient (Wildman–Crippen LogP) is 6.08. The SMILES string of the molecule is C=Cc1c2ncnc1N[C@H](C)c1cccc(c1)C(F)(F)CC1CN(CCCCCCCN2)C1. The molecule has 2 aromatic rings. The molecule has 1 atom stereocenters. The second-order valence-corrected chi connectivity index (χ2v) is 9.41. The summed E-state index contributed by atoms with van der Waals surface area (Å²) >= 11 is 0. The highest BCUT2D eigenvalue weighted by Crippen LogP contribution is 2.38. The third-order valence-electron chi connectivity index (χ3n) is 6.77. The van der Waals surface area contributed by atoms with Crippen molar-refractivity contribution in [2.75, 3.05) is 36.8 Å². The first kappa shape index (κ1) is 23.6. The molecule has 0 unspecified atom stereocenters. The van der Waals surface area contributed by atoms with E-state index in [0.29, 0.717) is 5.82 Å². The molecule has 3 aliphatic heterocycles. The number of hydrogen-bond acceptors (Lipinski definition) is 5. The summed E-state index contributed by atoms with van der Waals surface area (Å²) in [6, 6.07) is 6.58. The van der Waals surface area contributed by atoms with Gasteiger partial charge in [0.15, 0.2) is 0 Å². The van der Waals surface area contributed by atoms with Crippen LogP contribution in [0.2, 0.25) is 0 Å². The number of benzene rings is 1. The number of halogens is 2. The summed E-state index contributed by atoms with van der Waals surface area (Å²) in [7, 11) is 0. The van der Waals surface area contributed by atoms with Crippen molar-refractivity contribution in [3.8, 4) is 0 Å². The van der Waals surface area contributed by atoms with E-state index < -0.39 is 5.92 Å². The minimum absolute atomic E-state index is 0.0639. The topological polar surface area (TPSA) is 53.1 Å². The predicted molar refractivity (Wildman–Crippen MR) is 131 cm³/mol. The van der Waals surface area contributed by atoms with E-state index in [9.17, 15) is 0 Å². The molecule has 0 spiro atoms. The van der Waals surface area contributed by atoms with Crippen LogP contribution in [0.1, 0.15) is 68.2 Å². The molecule has 0 amide bonds. The fourth-order valence-corrected chi connectivity index (χ4v) is 4.84. The van der Waals surface area contributed by atoms with Crippen LogP contribution < -0.4 is 10.6 Å². The Bertz CT molecular complexity index is 942. The van der Waals surface area contributed by atoms with Crippen molar-refractivity contribution in [3.05, 3.63) is 53.9 Å². The monoisotopic (exact) mass is 455 g/mol. The maximum atomic E-state index is 15.1. The van der Waals surface area contributed by atoms with Crippen molar-refractivity contribution < 1.29 is 8.78 Å². The third-order valence-corrected chi connectivity index (χ3v) is 6.77. The van der Waals surface area contributed by atoms with Crippen molar-refractivity contribution in [1.82, 2.24) is 14.9 Å². The molecule has 33 heavy (non-hydrogen) atoms.